The van der Waals surface area contributed by atoms with E-state index >= 15 is 0 Å². The third kappa shape index (κ3) is 7.80. The zero-order chi connectivity index (χ0) is 15.3. The molecule has 6 nitrogen and oxygen atoms in total. The number of nitrogens with one attached hydrogen (secondary N) is 1. The smallest absolute Gasteiger partial charge is 0.273 e. The highest BCUT2D eigenvalue weighted by molar-refractivity contribution is 5.91. The largest absolute Gasteiger partial charge is 0.351 e. The first-order valence-corrected chi connectivity index (χ1v) is 8.16. The molecular weight excluding hydrogens is 266 g/mol. The predicted octanol–water partition coefficient (Wildman–Crippen LogP) is 2.11. The molecular formula is C15H29N5O. The molecule has 1 aromatic heterocycles. The molecule has 120 valence electrons. The van der Waals surface area contributed by atoms with Crippen molar-refractivity contribution in [1.82, 2.24) is 20.3 Å². The molecule has 0 saturated heterocycles. The van der Waals surface area contributed by atoms with Crippen LogP contribution in [0.3, 0.4) is 0 Å². The van der Waals surface area contributed by atoms with Gasteiger partial charge in [-0.25, -0.2) is 0 Å². The van der Waals surface area contributed by atoms with Crippen molar-refractivity contribution in [2.45, 2.75) is 64.8 Å². The van der Waals surface area contributed by atoms with E-state index in [0.29, 0.717) is 25.3 Å². The number of amides is 1. The fraction of sp³-hybridized carbons (Fsp3) is 0.800. The summed E-state index contributed by atoms with van der Waals surface area (Å²) in [7, 11) is 0. The van der Waals surface area contributed by atoms with Crippen LogP contribution in [-0.4, -0.2) is 34.0 Å². The van der Waals surface area contributed by atoms with Crippen molar-refractivity contribution in [2.24, 2.45) is 5.73 Å². The molecule has 1 amide bonds. The molecule has 0 aliphatic rings. The van der Waals surface area contributed by atoms with Gasteiger partial charge in [0.25, 0.3) is 5.91 Å². The number of carbonyl (C=O) groups is 1. The molecule has 0 fully saturated rings. The maximum Gasteiger partial charge on any atom is 0.273 e. The van der Waals surface area contributed by atoms with Gasteiger partial charge in [-0.3, -0.25) is 9.48 Å². The molecule has 0 spiro atoms. The molecule has 0 atom stereocenters. The van der Waals surface area contributed by atoms with Gasteiger partial charge in [0.2, 0.25) is 0 Å². The van der Waals surface area contributed by atoms with E-state index in [1.807, 2.05) is 0 Å². The van der Waals surface area contributed by atoms with Crippen LogP contribution in [0.15, 0.2) is 6.20 Å². The van der Waals surface area contributed by atoms with Gasteiger partial charge in [-0.15, -0.1) is 5.10 Å². The van der Waals surface area contributed by atoms with E-state index in [2.05, 4.69) is 22.6 Å². The number of unbranched alkanes of at least 4 members (excludes halogenated alkanes) is 7. The Balaban J connectivity index is 2.02. The van der Waals surface area contributed by atoms with Crippen molar-refractivity contribution in [1.29, 1.82) is 0 Å². The number of hydrogen-bond donors (Lipinski definition) is 2. The summed E-state index contributed by atoms with van der Waals surface area (Å²) in [5.74, 6) is -0.152. The van der Waals surface area contributed by atoms with Crippen LogP contribution in [0.25, 0.3) is 0 Å². The summed E-state index contributed by atoms with van der Waals surface area (Å²) in [5.41, 5.74) is 5.79. The maximum absolute atomic E-state index is 11.8. The van der Waals surface area contributed by atoms with Crippen molar-refractivity contribution in [3.63, 3.8) is 0 Å². The summed E-state index contributed by atoms with van der Waals surface area (Å²) in [6, 6.07) is 0. The Labute approximate surface area is 127 Å². The molecule has 0 bridgehead atoms. The van der Waals surface area contributed by atoms with Crippen molar-refractivity contribution in [3.05, 3.63) is 11.9 Å². The minimum atomic E-state index is -0.152. The lowest BCUT2D eigenvalue weighted by atomic mass is 10.1. The van der Waals surface area contributed by atoms with Gasteiger partial charge in [-0.05, 0) is 6.42 Å². The first kappa shape index (κ1) is 17.6. The molecule has 1 aromatic rings. The van der Waals surface area contributed by atoms with Crippen LogP contribution in [0.2, 0.25) is 0 Å². The van der Waals surface area contributed by atoms with Crippen molar-refractivity contribution in [2.75, 3.05) is 13.1 Å². The van der Waals surface area contributed by atoms with Gasteiger partial charge in [0.1, 0.15) is 0 Å². The molecule has 21 heavy (non-hydrogen) atoms. The van der Waals surface area contributed by atoms with E-state index in [0.717, 1.165) is 6.42 Å². The quantitative estimate of drug-likeness (QED) is 0.578. The molecule has 0 aliphatic carbocycles. The SMILES string of the molecule is CCCCCCCCCCNC(=O)c1cn(CCN)nn1. The Kier molecular flexibility index (Phi) is 9.44. The standard InChI is InChI=1S/C15H29N5O/c1-2-3-4-5-6-7-8-9-11-17-15(21)14-13-20(12-10-16)19-18-14/h13H,2-12,16H2,1H3,(H,17,21). The number of hydrogen-bond acceptors (Lipinski definition) is 4. The summed E-state index contributed by atoms with van der Waals surface area (Å²) in [5, 5.41) is 10.6. The fourth-order valence-corrected chi connectivity index (χ4v) is 2.20. The third-order valence-electron chi connectivity index (χ3n) is 3.45. The highest BCUT2D eigenvalue weighted by atomic mass is 16.2. The lowest BCUT2D eigenvalue weighted by Crippen LogP contribution is -2.24. The van der Waals surface area contributed by atoms with Crippen LogP contribution in [0.4, 0.5) is 0 Å². The number of nitrogens with two attached hydrogens (primary N) is 1. The zero-order valence-corrected chi connectivity index (χ0v) is 13.2. The molecule has 0 saturated carbocycles. The Morgan fingerprint density at radius 1 is 1.19 bits per heavy atom. The maximum atomic E-state index is 11.8. The number of rotatable bonds is 12. The van der Waals surface area contributed by atoms with Gasteiger partial charge in [0, 0.05) is 13.1 Å². The molecule has 1 rings (SSSR count). The van der Waals surface area contributed by atoms with E-state index < -0.39 is 0 Å². The third-order valence-corrected chi connectivity index (χ3v) is 3.45. The minimum Gasteiger partial charge on any atom is -0.351 e. The second kappa shape index (κ2) is 11.3. The highest BCUT2D eigenvalue weighted by Crippen LogP contribution is 2.07. The molecule has 0 unspecified atom stereocenters. The normalized spacial score (nSPS) is 10.8. The molecule has 1 heterocycles. The van der Waals surface area contributed by atoms with E-state index in [-0.39, 0.29) is 5.91 Å². The monoisotopic (exact) mass is 295 g/mol. The predicted molar refractivity (Wildman–Crippen MR) is 84.0 cm³/mol. The van der Waals surface area contributed by atoms with Crippen molar-refractivity contribution < 1.29 is 4.79 Å². The Bertz CT molecular complexity index is 391. The number of carbonyl (C=O) groups excluding carboxylic acids is 1. The summed E-state index contributed by atoms with van der Waals surface area (Å²) in [6.07, 6.45) is 11.7. The number of nitrogens with zero attached hydrogens (tertiary/aromatic N) is 3. The Morgan fingerprint density at radius 3 is 2.52 bits per heavy atom. The molecule has 0 radical (unpaired) electrons. The highest BCUT2D eigenvalue weighted by Gasteiger charge is 2.09. The Morgan fingerprint density at radius 2 is 1.86 bits per heavy atom. The average Bonchev–Trinajstić information content (AvgIpc) is 2.94. The summed E-state index contributed by atoms with van der Waals surface area (Å²) in [4.78, 5) is 11.8. The van der Waals surface area contributed by atoms with E-state index in [9.17, 15) is 4.79 Å². The van der Waals surface area contributed by atoms with Crippen molar-refractivity contribution >= 4 is 5.91 Å². The van der Waals surface area contributed by atoms with E-state index in [1.165, 1.54) is 44.9 Å². The van der Waals surface area contributed by atoms with Gasteiger partial charge in [0.05, 0.1) is 12.7 Å². The first-order chi connectivity index (χ1) is 10.3. The molecule has 0 aliphatic heterocycles. The summed E-state index contributed by atoms with van der Waals surface area (Å²) < 4.78 is 1.59. The van der Waals surface area contributed by atoms with Gasteiger partial charge in [-0.1, -0.05) is 57.1 Å². The minimum absolute atomic E-state index is 0.152. The second-order valence-electron chi connectivity index (χ2n) is 5.39. The van der Waals surface area contributed by atoms with Crippen LogP contribution in [0, 0.1) is 0 Å². The fourth-order valence-electron chi connectivity index (χ4n) is 2.20. The topological polar surface area (TPSA) is 85.8 Å². The van der Waals surface area contributed by atoms with E-state index in [4.69, 9.17) is 5.73 Å². The van der Waals surface area contributed by atoms with Crippen LogP contribution in [0.1, 0.15) is 68.8 Å². The van der Waals surface area contributed by atoms with Crippen LogP contribution >= 0.6 is 0 Å². The number of aromatic nitrogens is 3. The second-order valence-corrected chi connectivity index (χ2v) is 5.39. The van der Waals surface area contributed by atoms with Crippen LogP contribution < -0.4 is 11.1 Å². The van der Waals surface area contributed by atoms with Gasteiger partial charge >= 0.3 is 0 Å². The van der Waals surface area contributed by atoms with Crippen molar-refractivity contribution in [3.8, 4) is 0 Å². The lowest BCUT2D eigenvalue weighted by molar-refractivity contribution is 0.0948. The average molecular weight is 295 g/mol. The van der Waals surface area contributed by atoms with Gasteiger partial charge < -0.3 is 11.1 Å². The lowest BCUT2D eigenvalue weighted by Gasteiger charge is -2.03. The van der Waals surface area contributed by atoms with Crippen LogP contribution in [0.5, 0.6) is 0 Å². The summed E-state index contributed by atoms with van der Waals surface area (Å²) >= 11 is 0. The molecule has 3 N–H and O–H groups in total. The zero-order valence-electron chi connectivity index (χ0n) is 13.2. The summed E-state index contributed by atoms with van der Waals surface area (Å²) in [6.45, 7) is 4.01. The van der Waals surface area contributed by atoms with Gasteiger partial charge in [-0.2, -0.15) is 0 Å². The molecule has 0 aromatic carbocycles. The van der Waals surface area contributed by atoms with Crippen LogP contribution in [-0.2, 0) is 6.54 Å². The van der Waals surface area contributed by atoms with Gasteiger partial charge in [0.15, 0.2) is 5.69 Å². The first-order valence-electron chi connectivity index (χ1n) is 8.16. The molecule has 6 heteroatoms. The van der Waals surface area contributed by atoms with E-state index in [1.54, 1.807) is 10.9 Å². The Hall–Kier alpha value is -1.43.